The van der Waals surface area contributed by atoms with Crippen LogP contribution in [0.2, 0.25) is 0 Å². The van der Waals surface area contributed by atoms with E-state index in [1.165, 1.54) is 11.3 Å². The van der Waals surface area contributed by atoms with Crippen LogP contribution >= 0.6 is 22.7 Å². The number of aromatic nitrogens is 4. The third-order valence-electron chi connectivity index (χ3n) is 3.42. The highest BCUT2D eigenvalue weighted by molar-refractivity contribution is 7.22. The number of carbonyl (C=O) groups excluding carboxylic acids is 1. The number of hydrogen-bond acceptors (Lipinski definition) is 10. The van der Waals surface area contributed by atoms with Crippen LogP contribution in [0.3, 0.4) is 0 Å². The number of nitrogens with zero attached hydrogens (tertiary/aromatic N) is 4. The van der Waals surface area contributed by atoms with E-state index in [4.69, 9.17) is 4.74 Å². The van der Waals surface area contributed by atoms with E-state index < -0.39 is 5.97 Å². The van der Waals surface area contributed by atoms with Crippen molar-refractivity contribution >= 4 is 60.8 Å². The molecule has 1 aromatic carbocycles. The first kappa shape index (κ1) is 17.3. The molecule has 8 nitrogen and oxygen atoms in total. The van der Waals surface area contributed by atoms with Gasteiger partial charge in [-0.2, -0.15) is 0 Å². The average molecular weight is 398 g/mol. The van der Waals surface area contributed by atoms with Crippen LogP contribution in [0.15, 0.2) is 41.8 Å². The Morgan fingerprint density at radius 1 is 1.04 bits per heavy atom. The number of esters is 1. The van der Waals surface area contributed by atoms with Crippen molar-refractivity contribution in [2.45, 2.75) is 6.92 Å². The van der Waals surface area contributed by atoms with Gasteiger partial charge in [0, 0.05) is 5.38 Å². The zero-order chi connectivity index (χ0) is 18.6. The minimum Gasteiger partial charge on any atom is -0.461 e. The summed E-state index contributed by atoms with van der Waals surface area (Å²) < 4.78 is 6.03. The molecule has 0 aliphatic carbocycles. The highest BCUT2D eigenvalue weighted by atomic mass is 32.1. The van der Waals surface area contributed by atoms with Crippen LogP contribution in [0.1, 0.15) is 17.4 Å². The first-order valence-electron chi connectivity index (χ1n) is 8.07. The minimum atomic E-state index is -0.441. The van der Waals surface area contributed by atoms with Gasteiger partial charge in [-0.25, -0.2) is 14.8 Å². The Bertz CT molecular complexity index is 1040. The van der Waals surface area contributed by atoms with Crippen molar-refractivity contribution in [3.8, 4) is 0 Å². The van der Waals surface area contributed by atoms with Crippen molar-refractivity contribution in [3.63, 3.8) is 0 Å². The van der Waals surface area contributed by atoms with Gasteiger partial charge < -0.3 is 15.4 Å². The Hall–Kier alpha value is -3.11. The third kappa shape index (κ3) is 4.01. The summed E-state index contributed by atoms with van der Waals surface area (Å²) in [5.41, 5.74) is 1.21. The van der Waals surface area contributed by atoms with Gasteiger partial charge in [-0.05, 0) is 31.2 Å². The molecule has 4 rings (SSSR count). The lowest BCUT2D eigenvalue weighted by Gasteiger charge is -2.03. The topological polar surface area (TPSA) is 102 Å². The maximum Gasteiger partial charge on any atom is 0.357 e. The fraction of sp³-hybridized carbons (Fsp3) is 0.118. The number of para-hydroxylation sites is 1. The SMILES string of the molecule is CCOC(=O)c1csc(Nc2ccc(Nc3nc4ccccc4s3)nn2)n1. The number of carbonyl (C=O) groups is 1. The predicted octanol–water partition coefficient (Wildman–Crippen LogP) is 4.21. The number of anilines is 4. The van der Waals surface area contributed by atoms with E-state index in [1.807, 2.05) is 24.3 Å². The second kappa shape index (κ2) is 7.64. The van der Waals surface area contributed by atoms with Crippen LogP contribution in [0.25, 0.3) is 10.2 Å². The Morgan fingerprint density at radius 2 is 1.78 bits per heavy atom. The molecule has 0 aliphatic heterocycles. The molecule has 4 aromatic rings. The highest BCUT2D eigenvalue weighted by Gasteiger charge is 2.12. The molecule has 0 amide bonds. The molecule has 136 valence electrons. The Kier molecular flexibility index (Phi) is 4.90. The lowest BCUT2D eigenvalue weighted by molar-refractivity contribution is 0.0520. The predicted molar refractivity (Wildman–Crippen MR) is 106 cm³/mol. The van der Waals surface area contributed by atoms with Crippen molar-refractivity contribution in [3.05, 3.63) is 47.5 Å². The zero-order valence-electron chi connectivity index (χ0n) is 14.2. The van der Waals surface area contributed by atoms with Crippen molar-refractivity contribution in [2.75, 3.05) is 17.2 Å². The second-order valence-corrected chi connectivity index (χ2v) is 7.19. The molecule has 0 fully saturated rings. The van der Waals surface area contributed by atoms with Crippen LogP contribution < -0.4 is 10.6 Å². The first-order valence-corrected chi connectivity index (χ1v) is 9.77. The van der Waals surface area contributed by atoms with Gasteiger partial charge in [-0.3, -0.25) is 0 Å². The Labute approximate surface area is 162 Å². The number of rotatable bonds is 6. The summed E-state index contributed by atoms with van der Waals surface area (Å²) in [7, 11) is 0. The van der Waals surface area contributed by atoms with Gasteiger partial charge in [-0.1, -0.05) is 23.5 Å². The molecule has 0 unspecified atom stereocenters. The van der Waals surface area contributed by atoms with Crippen LogP contribution in [-0.2, 0) is 4.74 Å². The maximum atomic E-state index is 11.6. The molecule has 0 aliphatic rings. The lowest BCUT2D eigenvalue weighted by Crippen LogP contribution is -2.05. The number of benzene rings is 1. The fourth-order valence-corrected chi connectivity index (χ4v) is 3.80. The summed E-state index contributed by atoms with van der Waals surface area (Å²) in [6.45, 7) is 2.07. The second-order valence-electron chi connectivity index (χ2n) is 5.30. The van der Waals surface area contributed by atoms with E-state index in [-0.39, 0.29) is 5.69 Å². The fourth-order valence-electron chi connectivity index (χ4n) is 2.24. The van der Waals surface area contributed by atoms with E-state index in [0.717, 1.165) is 15.3 Å². The van der Waals surface area contributed by atoms with Crippen molar-refractivity contribution in [1.82, 2.24) is 20.2 Å². The van der Waals surface area contributed by atoms with Gasteiger partial charge >= 0.3 is 5.97 Å². The molecule has 2 N–H and O–H groups in total. The molecular formula is C17H14N6O2S2. The monoisotopic (exact) mass is 398 g/mol. The molecule has 3 aromatic heterocycles. The number of ether oxygens (including phenoxy) is 1. The Balaban J connectivity index is 1.42. The summed E-state index contributed by atoms with van der Waals surface area (Å²) in [6.07, 6.45) is 0. The van der Waals surface area contributed by atoms with E-state index in [9.17, 15) is 4.79 Å². The quantitative estimate of drug-likeness (QED) is 0.466. The number of nitrogens with one attached hydrogen (secondary N) is 2. The number of fused-ring (bicyclic) bond motifs is 1. The van der Waals surface area contributed by atoms with Crippen molar-refractivity contribution in [1.29, 1.82) is 0 Å². The van der Waals surface area contributed by atoms with Gasteiger partial charge in [0.15, 0.2) is 27.6 Å². The summed E-state index contributed by atoms with van der Waals surface area (Å²) in [5.74, 6) is 0.670. The van der Waals surface area contributed by atoms with Gasteiger partial charge in [0.25, 0.3) is 0 Å². The van der Waals surface area contributed by atoms with Gasteiger partial charge in [-0.15, -0.1) is 21.5 Å². The normalized spacial score (nSPS) is 10.7. The molecule has 0 atom stereocenters. The highest BCUT2D eigenvalue weighted by Crippen LogP contribution is 2.27. The van der Waals surface area contributed by atoms with Gasteiger partial charge in [0.2, 0.25) is 0 Å². The van der Waals surface area contributed by atoms with Crippen LogP contribution in [0.5, 0.6) is 0 Å². The summed E-state index contributed by atoms with van der Waals surface area (Å²) in [6, 6.07) is 11.5. The molecular weight excluding hydrogens is 384 g/mol. The number of hydrogen-bond donors (Lipinski definition) is 2. The standard InChI is InChI=1S/C17H14N6O2S2/c1-2-25-15(24)11-9-26-16(19-11)20-13-7-8-14(23-22-13)21-17-18-10-5-3-4-6-12(10)27-17/h3-9H,2H2,1H3,(H,18,21,23)(H,19,20,22). The largest absolute Gasteiger partial charge is 0.461 e. The third-order valence-corrected chi connectivity index (χ3v) is 5.13. The molecule has 0 spiro atoms. The summed E-state index contributed by atoms with van der Waals surface area (Å²) >= 11 is 2.84. The van der Waals surface area contributed by atoms with Crippen LogP contribution in [-0.4, -0.2) is 32.7 Å². The van der Waals surface area contributed by atoms with E-state index in [0.29, 0.717) is 23.4 Å². The Morgan fingerprint density at radius 3 is 2.48 bits per heavy atom. The van der Waals surface area contributed by atoms with E-state index >= 15 is 0 Å². The smallest absolute Gasteiger partial charge is 0.357 e. The summed E-state index contributed by atoms with van der Waals surface area (Å²) in [4.78, 5) is 20.3. The summed E-state index contributed by atoms with van der Waals surface area (Å²) in [5, 5.41) is 17.4. The van der Waals surface area contributed by atoms with Crippen molar-refractivity contribution < 1.29 is 9.53 Å². The van der Waals surface area contributed by atoms with E-state index in [2.05, 4.69) is 30.8 Å². The van der Waals surface area contributed by atoms with Crippen molar-refractivity contribution in [2.24, 2.45) is 0 Å². The maximum absolute atomic E-state index is 11.6. The molecule has 3 heterocycles. The molecule has 27 heavy (non-hydrogen) atoms. The molecule has 0 saturated carbocycles. The molecule has 10 heteroatoms. The van der Waals surface area contributed by atoms with Crippen LogP contribution in [0.4, 0.5) is 21.9 Å². The van der Waals surface area contributed by atoms with E-state index in [1.54, 1.807) is 35.8 Å². The lowest BCUT2D eigenvalue weighted by atomic mass is 10.3. The number of thiazole rings is 2. The van der Waals surface area contributed by atoms with Gasteiger partial charge in [0.1, 0.15) is 0 Å². The first-order chi connectivity index (χ1) is 13.2. The van der Waals surface area contributed by atoms with Gasteiger partial charge in [0.05, 0.1) is 16.8 Å². The minimum absolute atomic E-state index is 0.270. The molecule has 0 saturated heterocycles. The average Bonchev–Trinajstić information content (AvgIpc) is 3.30. The zero-order valence-corrected chi connectivity index (χ0v) is 15.8. The molecule has 0 bridgehead atoms. The van der Waals surface area contributed by atoms with Crippen LogP contribution in [0, 0.1) is 0 Å². The molecule has 0 radical (unpaired) electrons.